The van der Waals surface area contributed by atoms with Gasteiger partial charge in [-0.05, 0) is 46.4 Å². The van der Waals surface area contributed by atoms with Gasteiger partial charge in [0.05, 0.1) is 12.0 Å². The molecule has 23 heavy (non-hydrogen) atoms. The molecule has 3 N–H and O–H groups in total. The third-order valence-electron chi connectivity index (χ3n) is 3.46. The average Bonchev–Trinajstić information content (AvgIpc) is 2.96. The van der Waals surface area contributed by atoms with Gasteiger partial charge in [-0.3, -0.25) is 20.4 Å². The fourth-order valence-electron chi connectivity index (χ4n) is 2.33. The molecule has 0 aliphatic heterocycles. The number of benzene rings is 2. The van der Waals surface area contributed by atoms with Crippen LogP contribution in [0.4, 0.5) is 0 Å². The van der Waals surface area contributed by atoms with Crippen molar-refractivity contribution < 1.29 is 9.59 Å². The molecule has 0 saturated heterocycles. The number of halogens is 1. The summed E-state index contributed by atoms with van der Waals surface area (Å²) in [5, 5.41) is 1.01. The molecule has 1 aromatic heterocycles. The molecular formula is C17H14IN3O2. The first-order valence-corrected chi connectivity index (χ1v) is 8.12. The number of aromatic amines is 1. The Labute approximate surface area is 146 Å². The summed E-state index contributed by atoms with van der Waals surface area (Å²) in [7, 11) is 0. The van der Waals surface area contributed by atoms with Crippen LogP contribution in [-0.4, -0.2) is 16.8 Å². The van der Waals surface area contributed by atoms with E-state index in [1.165, 1.54) is 0 Å². The van der Waals surface area contributed by atoms with Crippen LogP contribution in [0.25, 0.3) is 10.9 Å². The number of H-pyrrole nitrogens is 1. The molecule has 0 aliphatic rings. The second-order valence-electron chi connectivity index (χ2n) is 5.02. The Morgan fingerprint density at radius 1 is 1.00 bits per heavy atom. The zero-order valence-corrected chi connectivity index (χ0v) is 14.3. The number of hydrogen-bond acceptors (Lipinski definition) is 2. The Morgan fingerprint density at radius 3 is 2.57 bits per heavy atom. The van der Waals surface area contributed by atoms with Crippen molar-refractivity contribution >= 4 is 45.3 Å². The predicted molar refractivity (Wildman–Crippen MR) is 96.8 cm³/mol. The van der Waals surface area contributed by atoms with Gasteiger partial charge in [-0.1, -0.05) is 30.3 Å². The number of fused-ring (bicyclic) bond motifs is 1. The summed E-state index contributed by atoms with van der Waals surface area (Å²) < 4.78 is 0.827. The summed E-state index contributed by atoms with van der Waals surface area (Å²) in [6.45, 7) is 0. The number of carbonyl (C=O) groups excluding carboxylic acids is 2. The standard InChI is InChI=1S/C17H14IN3O2/c18-14-7-3-1-6-13(14)17(23)21-20-16(22)9-11-10-19-15-8-4-2-5-12(11)15/h1-8,10,19H,9H2,(H,20,22)(H,21,23). The van der Waals surface area contributed by atoms with E-state index in [2.05, 4.69) is 38.4 Å². The number of nitrogens with one attached hydrogen (secondary N) is 3. The van der Waals surface area contributed by atoms with Crippen LogP contribution >= 0.6 is 22.6 Å². The van der Waals surface area contributed by atoms with Gasteiger partial charge in [-0.2, -0.15) is 0 Å². The van der Waals surface area contributed by atoms with Gasteiger partial charge < -0.3 is 4.98 Å². The number of rotatable bonds is 3. The maximum absolute atomic E-state index is 12.0. The summed E-state index contributed by atoms with van der Waals surface area (Å²) in [6.07, 6.45) is 2.00. The lowest BCUT2D eigenvalue weighted by Gasteiger charge is -2.08. The minimum Gasteiger partial charge on any atom is -0.361 e. The molecule has 3 aromatic rings. The fourth-order valence-corrected chi connectivity index (χ4v) is 2.97. The molecule has 0 aliphatic carbocycles. The van der Waals surface area contributed by atoms with E-state index in [4.69, 9.17) is 0 Å². The van der Waals surface area contributed by atoms with Crippen LogP contribution in [0.3, 0.4) is 0 Å². The van der Waals surface area contributed by atoms with Crippen molar-refractivity contribution in [2.24, 2.45) is 0 Å². The highest BCUT2D eigenvalue weighted by atomic mass is 127. The van der Waals surface area contributed by atoms with Gasteiger partial charge in [0.2, 0.25) is 5.91 Å². The van der Waals surface area contributed by atoms with Crippen molar-refractivity contribution in [3.05, 3.63) is 69.4 Å². The third-order valence-corrected chi connectivity index (χ3v) is 4.40. The van der Waals surface area contributed by atoms with Gasteiger partial charge in [0.1, 0.15) is 0 Å². The normalized spacial score (nSPS) is 10.5. The zero-order chi connectivity index (χ0) is 16.2. The van der Waals surface area contributed by atoms with Gasteiger partial charge in [-0.25, -0.2) is 0 Å². The summed E-state index contributed by atoms with van der Waals surface area (Å²) >= 11 is 2.08. The van der Waals surface area contributed by atoms with Crippen LogP contribution in [-0.2, 0) is 11.2 Å². The van der Waals surface area contributed by atoms with Gasteiger partial charge in [0.25, 0.3) is 5.91 Å². The molecule has 3 rings (SSSR count). The number of hydrazine groups is 1. The maximum Gasteiger partial charge on any atom is 0.270 e. The van der Waals surface area contributed by atoms with Gasteiger partial charge >= 0.3 is 0 Å². The van der Waals surface area contributed by atoms with Crippen LogP contribution in [0.2, 0.25) is 0 Å². The van der Waals surface area contributed by atoms with Crippen molar-refractivity contribution in [3.8, 4) is 0 Å². The van der Waals surface area contributed by atoms with E-state index in [9.17, 15) is 9.59 Å². The van der Waals surface area contributed by atoms with Gasteiger partial charge in [0, 0.05) is 20.7 Å². The Morgan fingerprint density at radius 2 is 1.74 bits per heavy atom. The summed E-state index contributed by atoms with van der Waals surface area (Å²) in [6, 6.07) is 15.0. The smallest absolute Gasteiger partial charge is 0.270 e. The van der Waals surface area contributed by atoms with Crippen molar-refractivity contribution in [2.45, 2.75) is 6.42 Å². The molecule has 5 nitrogen and oxygen atoms in total. The zero-order valence-electron chi connectivity index (χ0n) is 12.1. The lowest BCUT2D eigenvalue weighted by molar-refractivity contribution is -0.121. The van der Waals surface area contributed by atoms with Crippen molar-refractivity contribution in [1.29, 1.82) is 0 Å². The minimum absolute atomic E-state index is 0.191. The highest BCUT2D eigenvalue weighted by molar-refractivity contribution is 14.1. The molecule has 0 saturated carbocycles. The molecule has 0 unspecified atom stereocenters. The summed E-state index contributed by atoms with van der Waals surface area (Å²) in [5.41, 5.74) is 7.31. The SMILES string of the molecule is O=C(Cc1c[nH]c2ccccc12)NNC(=O)c1ccccc1I. The van der Waals surface area contributed by atoms with E-state index in [-0.39, 0.29) is 18.2 Å². The van der Waals surface area contributed by atoms with Crippen LogP contribution in [0.15, 0.2) is 54.7 Å². The fraction of sp³-hybridized carbons (Fsp3) is 0.0588. The van der Waals surface area contributed by atoms with Crippen LogP contribution in [0, 0.1) is 3.57 Å². The number of para-hydroxylation sites is 1. The largest absolute Gasteiger partial charge is 0.361 e. The maximum atomic E-state index is 12.0. The molecule has 0 spiro atoms. The van der Waals surface area contributed by atoms with E-state index in [1.54, 1.807) is 12.1 Å². The first-order valence-electron chi connectivity index (χ1n) is 7.04. The molecule has 2 aromatic carbocycles. The molecule has 0 atom stereocenters. The highest BCUT2D eigenvalue weighted by Crippen LogP contribution is 2.17. The highest BCUT2D eigenvalue weighted by Gasteiger charge is 2.12. The molecule has 2 amide bonds. The number of amides is 2. The lowest BCUT2D eigenvalue weighted by atomic mass is 10.1. The van der Waals surface area contributed by atoms with E-state index in [1.807, 2.05) is 42.6 Å². The van der Waals surface area contributed by atoms with E-state index >= 15 is 0 Å². The van der Waals surface area contributed by atoms with Gasteiger partial charge in [0.15, 0.2) is 0 Å². The Bertz CT molecular complexity index is 873. The monoisotopic (exact) mass is 419 g/mol. The summed E-state index contributed by atoms with van der Waals surface area (Å²) in [4.78, 5) is 27.2. The van der Waals surface area contributed by atoms with E-state index in [0.717, 1.165) is 20.0 Å². The molecule has 0 bridgehead atoms. The Hall–Kier alpha value is -2.35. The van der Waals surface area contributed by atoms with Crippen molar-refractivity contribution in [3.63, 3.8) is 0 Å². The quantitative estimate of drug-likeness (QED) is 0.451. The third kappa shape index (κ3) is 3.53. The molecule has 1 heterocycles. The number of carbonyl (C=O) groups is 2. The van der Waals surface area contributed by atoms with E-state index < -0.39 is 0 Å². The van der Waals surface area contributed by atoms with Crippen LogP contribution < -0.4 is 10.9 Å². The van der Waals surface area contributed by atoms with E-state index in [0.29, 0.717) is 5.56 Å². The predicted octanol–water partition coefficient (Wildman–Crippen LogP) is 2.78. The van der Waals surface area contributed by atoms with Crippen molar-refractivity contribution in [1.82, 2.24) is 15.8 Å². The lowest BCUT2D eigenvalue weighted by Crippen LogP contribution is -2.42. The minimum atomic E-state index is -0.331. The molecule has 116 valence electrons. The Balaban J connectivity index is 1.62. The second-order valence-corrected chi connectivity index (χ2v) is 6.18. The second kappa shape index (κ2) is 6.82. The molecule has 6 heteroatoms. The first kappa shape index (κ1) is 15.5. The summed E-state index contributed by atoms with van der Waals surface area (Å²) in [5.74, 6) is -0.601. The number of hydrogen-bond donors (Lipinski definition) is 3. The van der Waals surface area contributed by atoms with Crippen molar-refractivity contribution in [2.75, 3.05) is 0 Å². The number of aromatic nitrogens is 1. The molecule has 0 radical (unpaired) electrons. The Kier molecular flexibility index (Phi) is 4.61. The first-order chi connectivity index (χ1) is 11.1. The topological polar surface area (TPSA) is 74.0 Å². The van der Waals surface area contributed by atoms with Gasteiger partial charge in [-0.15, -0.1) is 0 Å². The molecule has 0 fully saturated rings. The average molecular weight is 419 g/mol. The van der Waals surface area contributed by atoms with Crippen LogP contribution in [0.5, 0.6) is 0 Å². The van der Waals surface area contributed by atoms with Crippen LogP contribution in [0.1, 0.15) is 15.9 Å². The molecular weight excluding hydrogens is 405 g/mol.